The van der Waals surface area contributed by atoms with Gasteiger partial charge in [-0.2, -0.15) is 0 Å². The fraction of sp³-hybridized carbons (Fsp3) is 0.0909. The summed E-state index contributed by atoms with van der Waals surface area (Å²) in [6.45, 7) is 9.63. The maximum atomic E-state index is 2.47. The lowest BCUT2D eigenvalue weighted by Crippen LogP contribution is -2.19. The molecule has 0 radical (unpaired) electrons. The third kappa shape index (κ3) is 6.17. The van der Waals surface area contributed by atoms with E-state index in [0.29, 0.717) is 0 Å². The zero-order chi connectivity index (χ0) is 45.7. The molecule has 0 spiro atoms. The lowest BCUT2D eigenvalue weighted by Gasteiger charge is -2.28. The molecule has 2 nitrogen and oxygen atoms in total. The third-order valence-electron chi connectivity index (χ3n) is 15.1. The summed E-state index contributed by atoms with van der Waals surface area (Å²) in [5, 5.41) is 4.91. The fourth-order valence-electron chi connectivity index (χ4n) is 11.8. The molecule has 0 N–H and O–H groups in total. The van der Waals surface area contributed by atoms with Crippen molar-refractivity contribution in [1.29, 1.82) is 0 Å². The van der Waals surface area contributed by atoms with E-state index in [1.165, 1.54) is 99.4 Å². The molecule has 0 saturated heterocycles. The van der Waals surface area contributed by atoms with Crippen LogP contribution in [-0.4, -0.2) is 4.57 Å². The highest BCUT2D eigenvalue weighted by Crippen LogP contribution is 2.62. The zero-order valence-electron chi connectivity index (χ0n) is 38.8. The van der Waals surface area contributed by atoms with Gasteiger partial charge in [-0.3, -0.25) is 0 Å². The molecular weight excluding hydrogens is 821 g/mol. The van der Waals surface area contributed by atoms with E-state index in [1.54, 1.807) is 0 Å². The second-order valence-corrected chi connectivity index (χ2v) is 19.8. The second-order valence-electron chi connectivity index (χ2n) is 19.8. The van der Waals surface area contributed by atoms with Crippen LogP contribution in [0.4, 0.5) is 17.1 Å². The predicted octanol–water partition coefficient (Wildman–Crippen LogP) is 17.9. The minimum absolute atomic E-state index is 0.0491. The van der Waals surface area contributed by atoms with E-state index in [1.807, 2.05) is 0 Å². The molecule has 0 bridgehead atoms. The van der Waals surface area contributed by atoms with Gasteiger partial charge in [-0.15, -0.1) is 0 Å². The van der Waals surface area contributed by atoms with Gasteiger partial charge in [0.1, 0.15) is 0 Å². The van der Waals surface area contributed by atoms with E-state index in [2.05, 4.69) is 268 Å². The van der Waals surface area contributed by atoms with Gasteiger partial charge < -0.3 is 9.47 Å². The molecule has 0 aliphatic heterocycles. The number of allylic oxidation sites excluding steroid dienone is 2. The molecule has 0 atom stereocenters. The summed E-state index contributed by atoms with van der Waals surface area (Å²) in [6.07, 6.45) is 0. The highest BCUT2D eigenvalue weighted by molar-refractivity contribution is 6.15. The van der Waals surface area contributed by atoms with Gasteiger partial charge >= 0.3 is 0 Å². The van der Waals surface area contributed by atoms with E-state index in [0.717, 1.165) is 22.7 Å². The molecule has 11 aromatic rings. The number of hydrogen-bond acceptors (Lipinski definition) is 1. The Labute approximate surface area is 398 Å². The minimum atomic E-state index is -0.115. The van der Waals surface area contributed by atoms with Gasteiger partial charge in [-0.1, -0.05) is 179 Å². The average molecular weight is 871 g/mol. The van der Waals surface area contributed by atoms with Crippen LogP contribution in [-0.2, 0) is 10.8 Å². The Balaban J connectivity index is 0.988. The van der Waals surface area contributed by atoms with Crippen LogP contribution in [0.2, 0.25) is 0 Å². The molecule has 0 saturated carbocycles. The molecule has 1 heterocycles. The number of benzene rings is 10. The number of rotatable bonds is 7. The van der Waals surface area contributed by atoms with Gasteiger partial charge in [0, 0.05) is 44.4 Å². The molecule has 2 aliphatic carbocycles. The fourth-order valence-corrected chi connectivity index (χ4v) is 11.8. The Morgan fingerprint density at radius 3 is 1.51 bits per heavy atom. The molecule has 1 aromatic heterocycles. The summed E-state index contributed by atoms with van der Waals surface area (Å²) in [5.41, 5.74) is 22.4. The number of para-hydroxylation sites is 1. The maximum Gasteiger partial charge on any atom is 0.0547 e. The highest BCUT2D eigenvalue weighted by Gasteiger charge is 2.49. The van der Waals surface area contributed by atoms with E-state index < -0.39 is 0 Å². The van der Waals surface area contributed by atoms with E-state index in [9.17, 15) is 0 Å². The van der Waals surface area contributed by atoms with Crippen LogP contribution in [0.1, 0.15) is 49.9 Å². The van der Waals surface area contributed by atoms with E-state index in [-0.39, 0.29) is 10.8 Å². The minimum Gasteiger partial charge on any atom is -0.310 e. The summed E-state index contributed by atoms with van der Waals surface area (Å²) >= 11 is 0. The first-order valence-electron chi connectivity index (χ1n) is 23.9. The van der Waals surface area contributed by atoms with Crippen molar-refractivity contribution in [3.05, 3.63) is 253 Å². The quantitative estimate of drug-likeness (QED) is 0.155. The van der Waals surface area contributed by atoms with Gasteiger partial charge in [0.05, 0.1) is 11.0 Å². The zero-order valence-corrected chi connectivity index (χ0v) is 38.8. The van der Waals surface area contributed by atoms with Gasteiger partial charge in [0.2, 0.25) is 0 Å². The van der Waals surface area contributed by atoms with Gasteiger partial charge in [-0.25, -0.2) is 0 Å². The van der Waals surface area contributed by atoms with Crippen LogP contribution in [0, 0.1) is 0 Å². The van der Waals surface area contributed by atoms with Crippen molar-refractivity contribution in [2.24, 2.45) is 0 Å². The predicted molar refractivity (Wildman–Crippen MR) is 289 cm³/mol. The van der Waals surface area contributed by atoms with Crippen molar-refractivity contribution < 1.29 is 0 Å². The monoisotopic (exact) mass is 870 g/mol. The lowest BCUT2D eigenvalue weighted by molar-refractivity contribution is 0.694. The Morgan fingerprint density at radius 1 is 0.324 bits per heavy atom. The van der Waals surface area contributed by atoms with E-state index in [4.69, 9.17) is 0 Å². The lowest BCUT2D eigenvalue weighted by atomic mass is 9.75. The largest absolute Gasteiger partial charge is 0.310 e. The molecule has 10 aromatic carbocycles. The molecule has 0 unspecified atom stereocenters. The molecular formula is C66H50N2. The summed E-state index contributed by atoms with van der Waals surface area (Å²) in [5.74, 6) is 0. The first-order chi connectivity index (χ1) is 33.2. The maximum absolute atomic E-state index is 2.47. The normalized spacial score (nSPS) is 14.4. The third-order valence-corrected chi connectivity index (χ3v) is 15.1. The van der Waals surface area contributed by atoms with Gasteiger partial charge in [0.25, 0.3) is 0 Å². The van der Waals surface area contributed by atoms with Crippen LogP contribution < -0.4 is 4.90 Å². The number of anilines is 3. The van der Waals surface area contributed by atoms with Crippen molar-refractivity contribution in [3.8, 4) is 39.1 Å². The smallest absolute Gasteiger partial charge is 0.0547 e. The Morgan fingerprint density at radius 2 is 0.838 bits per heavy atom. The first kappa shape index (κ1) is 40.1. The second kappa shape index (κ2) is 15.2. The summed E-state index contributed by atoms with van der Waals surface area (Å²) in [6, 6.07) is 85.3. The summed E-state index contributed by atoms with van der Waals surface area (Å²) < 4.78 is 2.42. The molecule has 324 valence electrons. The Bertz CT molecular complexity index is 3760. The number of nitrogens with zero attached hydrogens (tertiary/aromatic N) is 2. The number of aromatic nitrogens is 1. The molecule has 68 heavy (non-hydrogen) atoms. The Hall–Kier alpha value is -8.20. The SMILES string of the molecule is CC1(C)C2=C(c3ccccc31)C(C)(C)c1cc(-c3ccc(N(c4cc(-c5ccccc5)cc(-c5ccccc5)c4)c4ccc5c(c4)c4cc6ccccc6cc4n5-c4ccccc4)cc3)ccc12. The summed E-state index contributed by atoms with van der Waals surface area (Å²) in [4.78, 5) is 2.45. The number of fused-ring (bicyclic) bond motifs is 8. The first-order valence-corrected chi connectivity index (χ1v) is 23.9. The molecule has 2 heteroatoms. The van der Waals surface area contributed by atoms with Crippen molar-refractivity contribution >= 4 is 60.8 Å². The van der Waals surface area contributed by atoms with Crippen LogP contribution in [0.15, 0.2) is 231 Å². The molecule has 2 aliphatic rings. The van der Waals surface area contributed by atoms with Crippen LogP contribution in [0.25, 0.3) is 82.8 Å². The summed E-state index contributed by atoms with van der Waals surface area (Å²) in [7, 11) is 0. The van der Waals surface area contributed by atoms with E-state index >= 15 is 0 Å². The topological polar surface area (TPSA) is 8.17 Å². The standard InChI is InChI=1S/C66H50N2/c1-65(2)59-27-17-16-26-55(59)63-64(65)56-34-30-48(40-60(56)66(63,3)4)45-28-31-52(32-29-45)67(54-37-49(43-18-8-5-9-19-43)36-50(38-54)44-20-10-6-11-21-44)53-33-35-61-58(42-53)57-39-46-22-14-15-23-47(46)41-62(57)68(61)51-24-12-7-13-25-51/h5-42H,1-4H3. The van der Waals surface area contributed by atoms with Gasteiger partial charge in [-0.05, 0) is 156 Å². The van der Waals surface area contributed by atoms with Gasteiger partial charge in [0.15, 0.2) is 0 Å². The van der Waals surface area contributed by atoms with Crippen molar-refractivity contribution in [3.63, 3.8) is 0 Å². The van der Waals surface area contributed by atoms with Crippen LogP contribution in [0.3, 0.4) is 0 Å². The Kier molecular flexibility index (Phi) is 8.95. The highest BCUT2D eigenvalue weighted by atomic mass is 15.1. The van der Waals surface area contributed by atoms with Crippen molar-refractivity contribution in [1.82, 2.24) is 4.57 Å². The van der Waals surface area contributed by atoms with Crippen molar-refractivity contribution in [2.45, 2.75) is 38.5 Å². The number of hydrogen-bond donors (Lipinski definition) is 0. The molecule has 0 fully saturated rings. The molecule has 0 amide bonds. The average Bonchev–Trinajstić information content (AvgIpc) is 3.93. The molecule has 13 rings (SSSR count). The van der Waals surface area contributed by atoms with Crippen LogP contribution in [0.5, 0.6) is 0 Å². The van der Waals surface area contributed by atoms with Crippen LogP contribution >= 0.6 is 0 Å². The van der Waals surface area contributed by atoms with Crippen molar-refractivity contribution in [2.75, 3.05) is 4.90 Å².